The lowest BCUT2D eigenvalue weighted by Crippen LogP contribution is -2.65. The predicted molar refractivity (Wildman–Crippen MR) is 93.2 cm³/mol. The van der Waals surface area contributed by atoms with Crippen LogP contribution in [0.1, 0.15) is 0 Å². The molecule has 2 bridgehead atoms. The SMILES string of the molecule is COCCN[C@@H]1[C@@H]2OC[C@H](O2)[C@@H](NC(=O)Nc2cccc(OC)c2)[C@@H]1O. The van der Waals surface area contributed by atoms with Crippen molar-refractivity contribution in [3.8, 4) is 5.75 Å². The van der Waals surface area contributed by atoms with Crippen LogP contribution in [0.3, 0.4) is 0 Å². The fourth-order valence-electron chi connectivity index (χ4n) is 3.16. The average Bonchev–Trinajstić information content (AvgIpc) is 3.08. The number of aliphatic hydroxyl groups excluding tert-OH is 1. The molecule has 2 aliphatic rings. The van der Waals surface area contributed by atoms with Gasteiger partial charge in [0.15, 0.2) is 6.29 Å². The molecule has 5 atom stereocenters. The van der Waals surface area contributed by atoms with E-state index in [0.29, 0.717) is 31.2 Å². The van der Waals surface area contributed by atoms with E-state index in [0.717, 1.165) is 0 Å². The molecule has 2 amide bonds. The minimum atomic E-state index is -0.853. The Kier molecular flexibility index (Phi) is 6.28. The summed E-state index contributed by atoms with van der Waals surface area (Å²) in [6, 6.07) is 5.53. The first kappa shape index (κ1) is 18.9. The normalized spacial score (nSPS) is 30.0. The van der Waals surface area contributed by atoms with E-state index < -0.39 is 36.6 Å². The summed E-state index contributed by atoms with van der Waals surface area (Å²) in [5.41, 5.74) is 0.586. The highest BCUT2D eigenvalue weighted by molar-refractivity contribution is 5.89. The number of nitrogens with one attached hydrogen (secondary N) is 3. The molecule has 2 heterocycles. The molecule has 0 saturated carbocycles. The van der Waals surface area contributed by atoms with Crippen LogP contribution in [0.2, 0.25) is 0 Å². The van der Waals surface area contributed by atoms with Crippen LogP contribution in [-0.2, 0) is 14.2 Å². The predicted octanol–water partition coefficient (Wildman–Crippen LogP) is -0.0941. The van der Waals surface area contributed by atoms with Crippen molar-refractivity contribution < 1.29 is 28.8 Å². The summed E-state index contributed by atoms with van der Waals surface area (Å²) >= 11 is 0. The number of rotatable bonds is 7. The molecule has 2 aliphatic heterocycles. The second-order valence-electron chi connectivity index (χ2n) is 6.20. The lowest BCUT2D eigenvalue weighted by molar-refractivity contribution is -0.151. The van der Waals surface area contributed by atoms with E-state index >= 15 is 0 Å². The highest BCUT2D eigenvalue weighted by Crippen LogP contribution is 2.28. The minimum absolute atomic E-state index is 0.314. The summed E-state index contributed by atoms with van der Waals surface area (Å²) in [5, 5.41) is 19.4. The van der Waals surface area contributed by atoms with Gasteiger partial charge < -0.3 is 40.0 Å². The summed E-state index contributed by atoms with van der Waals surface area (Å²) in [6.45, 7) is 1.34. The summed E-state index contributed by atoms with van der Waals surface area (Å²) < 4.78 is 21.5. The number of hydrogen-bond donors (Lipinski definition) is 4. The molecule has 9 heteroatoms. The van der Waals surface area contributed by atoms with Crippen LogP contribution in [0.5, 0.6) is 5.75 Å². The largest absolute Gasteiger partial charge is 0.497 e. The molecule has 0 unspecified atom stereocenters. The number of carbonyl (C=O) groups excluding carboxylic acids is 1. The summed E-state index contributed by atoms with van der Waals surface area (Å²) in [6.07, 6.45) is -1.79. The fraction of sp³-hybridized carbons (Fsp3) is 0.588. The molecule has 0 spiro atoms. The number of benzene rings is 1. The van der Waals surface area contributed by atoms with Crippen molar-refractivity contribution in [2.45, 2.75) is 30.6 Å². The molecule has 2 fully saturated rings. The Balaban J connectivity index is 1.61. The van der Waals surface area contributed by atoms with Gasteiger partial charge in [-0.05, 0) is 12.1 Å². The lowest BCUT2D eigenvalue weighted by Gasteiger charge is -2.39. The van der Waals surface area contributed by atoms with Gasteiger partial charge in [0.05, 0.1) is 38.5 Å². The van der Waals surface area contributed by atoms with E-state index in [1.54, 1.807) is 38.5 Å². The van der Waals surface area contributed by atoms with Crippen LogP contribution in [-0.4, -0.2) is 75.7 Å². The zero-order valence-corrected chi connectivity index (χ0v) is 14.8. The fourth-order valence-corrected chi connectivity index (χ4v) is 3.16. The van der Waals surface area contributed by atoms with Gasteiger partial charge >= 0.3 is 6.03 Å². The van der Waals surface area contributed by atoms with Crippen LogP contribution >= 0.6 is 0 Å². The smallest absolute Gasteiger partial charge is 0.319 e. The molecule has 4 N–H and O–H groups in total. The third kappa shape index (κ3) is 4.25. The zero-order chi connectivity index (χ0) is 18.5. The molecular weight excluding hydrogens is 342 g/mol. The van der Waals surface area contributed by atoms with Crippen LogP contribution < -0.4 is 20.7 Å². The van der Waals surface area contributed by atoms with Gasteiger partial charge in [-0.1, -0.05) is 6.07 Å². The Bertz CT molecular complexity index is 616. The Morgan fingerprint density at radius 2 is 2.19 bits per heavy atom. The average molecular weight is 367 g/mol. The van der Waals surface area contributed by atoms with E-state index in [4.69, 9.17) is 18.9 Å². The number of amides is 2. The Hall–Kier alpha value is -1.91. The summed E-state index contributed by atoms with van der Waals surface area (Å²) in [4.78, 5) is 12.4. The van der Waals surface area contributed by atoms with Crippen molar-refractivity contribution in [2.75, 3.05) is 39.3 Å². The van der Waals surface area contributed by atoms with E-state index in [1.165, 1.54) is 0 Å². The maximum atomic E-state index is 12.4. The molecule has 26 heavy (non-hydrogen) atoms. The van der Waals surface area contributed by atoms with Gasteiger partial charge in [0.25, 0.3) is 0 Å². The van der Waals surface area contributed by atoms with Crippen molar-refractivity contribution in [1.82, 2.24) is 10.6 Å². The van der Waals surface area contributed by atoms with E-state index in [1.807, 2.05) is 0 Å². The van der Waals surface area contributed by atoms with Gasteiger partial charge in [0, 0.05) is 25.4 Å². The van der Waals surface area contributed by atoms with Crippen LogP contribution in [0, 0.1) is 0 Å². The topological polar surface area (TPSA) is 110 Å². The van der Waals surface area contributed by atoms with Gasteiger partial charge in [-0.25, -0.2) is 4.79 Å². The van der Waals surface area contributed by atoms with Crippen LogP contribution in [0.25, 0.3) is 0 Å². The molecular formula is C17H25N3O6. The number of urea groups is 1. The van der Waals surface area contributed by atoms with Crippen molar-refractivity contribution in [3.05, 3.63) is 24.3 Å². The highest BCUT2D eigenvalue weighted by Gasteiger charge is 2.50. The van der Waals surface area contributed by atoms with Crippen molar-refractivity contribution >= 4 is 11.7 Å². The Morgan fingerprint density at radius 3 is 2.96 bits per heavy atom. The molecule has 0 radical (unpaired) electrons. The minimum Gasteiger partial charge on any atom is -0.497 e. The number of anilines is 1. The number of hydrogen-bond acceptors (Lipinski definition) is 7. The first-order valence-corrected chi connectivity index (χ1v) is 8.51. The Morgan fingerprint density at radius 1 is 1.35 bits per heavy atom. The van der Waals surface area contributed by atoms with Crippen molar-refractivity contribution in [2.24, 2.45) is 0 Å². The van der Waals surface area contributed by atoms with E-state index in [-0.39, 0.29) is 0 Å². The van der Waals surface area contributed by atoms with E-state index in [9.17, 15) is 9.90 Å². The number of aliphatic hydroxyl groups is 1. The molecule has 1 aromatic carbocycles. The van der Waals surface area contributed by atoms with Gasteiger partial charge in [-0.3, -0.25) is 0 Å². The molecule has 3 rings (SSSR count). The maximum absolute atomic E-state index is 12.4. The third-order valence-corrected chi connectivity index (χ3v) is 4.47. The molecule has 0 aliphatic carbocycles. The van der Waals surface area contributed by atoms with Crippen LogP contribution in [0.15, 0.2) is 24.3 Å². The number of carbonyl (C=O) groups is 1. The molecule has 144 valence electrons. The molecule has 0 aromatic heterocycles. The summed E-state index contributed by atoms with van der Waals surface area (Å²) in [7, 11) is 3.16. The first-order valence-electron chi connectivity index (χ1n) is 8.51. The quantitative estimate of drug-likeness (QED) is 0.499. The van der Waals surface area contributed by atoms with Gasteiger partial charge in [-0.2, -0.15) is 0 Å². The molecule has 1 aromatic rings. The van der Waals surface area contributed by atoms with Gasteiger partial charge in [-0.15, -0.1) is 0 Å². The van der Waals surface area contributed by atoms with Crippen LogP contribution in [0.4, 0.5) is 10.5 Å². The standard InChI is InChI=1S/C17H25N3O6/c1-23-7-6-18-14-15(21)13(12-9-25-16(14)26-12)20-17(22)19-10-4-3-5-11(8-10)24-2/h3-5,8,12-16,18,21H,6-7,9H2,1-2H3,(H2,19,20,22)/t12-,13+,14-,15-,16+/m0/s1. The summed E-state index contributed by atoms with van der Waals surface area (Å²) in [5.74, 6) is 0.637. The second kappa shape index (κ2) is 8.65. The number of fused-ring (bicyclic) bond motifs is 2. The maximum Gasteiger partial charge on any atom is 0.319 e. The molecule has 9 nitrogen and oxygen atoms in total. The van der Waals surface area contributed by atoms with Crippen molar-refractivity contribution in [3.63, 3.8) is 0 Å². The van der Waals surface area contributed by atoms with Gasteiger partial charge in [0.2, 0.25) is 0 Å². The highest BCUT2D eigenvalue weighted by atomic mass is 16.7. The second-order valence-corrected chi connectivity index (χ2v) is 6.20. The van der Waals surface area contributed by atoms with Gasteiger partial charge in [0.1, 0.15) is 11.9 Å². The first-order chi connectivity index (χ1) is 12.6. The zero-order valence-electron chi connectivity index (χ0n) is 14.8. The third-order valence-electron chi connectivity index (χ3n) is 4.47. The number of methoxy groups -OCH3 is 2. The molecule has 2 saturated heterocycles. The Labute approximate surface area is 151 Å². The lowest BCUT2D eigenvalue weighted by atomic mass is 9.96. The van der Waals surface area contributed by atoms with Crippen molar-refractivity contribution in [1.29, 1.82) is 0 Å². The van der Waals surface area contributed by atoms with E-state index in [2.05, 4.69) is 16.0 Å². The number of ether oxygens (including phenoxy) is 4. The monoisotopic (exact) mass is 367 g/mol.